The first-order chi connectivity index (χ1) is 11.2. The van der Waals surface area contributed by atoms with E-state index in [2.05, 4.69) is 37.3 Å². The number of hydrogen-bond donors (Lipinski definition) is 0. The van der Waals surface area contributed by atoms with Crippen LogP contribution < -0.4 is 5.56 Å². The molecule has 1 aromatic heterocycles. The topological polar surface area (TPSA) is 22.0 Å². The fourth-order valence-corrected chi connectivity index (χ4v) is 3.04. The Bertz CT molecular complexity index is 859. The fourth-order valence-electron chi connectivity index (χ4n) is 3.04. The van der Waals surface area contributed by atoms with Gasteiger partial charge in [-0.05, 0) is 42.5 Å². The maximum atomic E-state index is 12.4. The van der Waals surface area contributed by atoms with E-state index in [1.807, 2.05) is 29.7 Å². The number of hydrogen-bond acceptors (Lipinski definition) is 1. The molecule has 2 nitrogen and oxygen atoms in total. The standard InChI is InChI=1S/C21H23NO/c1-3-4-7-17-10-12-18(13-11-17)15-22-20-9-6-5-8-19(20)16(2)14-21(22)23/h5-6,8-14H,3-4,7,15H2,1-2H3. The largest absolute Gasteiger partial charge is 0.304 e. The predicted octanol–water partition coefficient (Wildman–Crippen LogP) is 4.70. The summed E-state index contributed by atoms with van der Waals surface area (Å²) < 4.78 is 1.86. The van der Waals surface area contributed by atoms with E-state index in [9.17, 15) is 4.79 Å². The van der Waals surface area contributed by atoms with Gasteiger partial charge in [-0.2, -0.15) is 0 Å². The van der Waals surface area contributed by atoms with Gasteiger partial charge in [-0.1, -0.05) is 55.8 Å². The summed E-state index contributed by atoms with van der Waals surface area (Å²) in [7, 11) is 0. The third-order valence-corrected chi connectivity index (χ3v) is 4.41. The molecule has 2 heteroatoms. The summed E-state index contributed by atoms with van der Waals surface area (Å²) in [6.07, 6.45) is 3.57. The van der Waals surface area contributed by atoms with Gasteiger partial charge in [-0.3, -0.25) is 4.79 Å². The predicted molar refractivity (Wildman–Crippen MR) is 97.1 cm³/mol. The molecular weight excluding hydrogens is 282 g/mol. The normalized spacial score (nSPS) is 11.0. The minimum Gasteiger partial charge on any atom is -0.304 e. The third kappa shape index (κ3) is 3.37. The van der Waals surface area contributed by atoms with Gasteiger partial charge in [0.05, 0.1) is 12.1 Å². The van der Waals surface area contributed by atoms with Crippen molar-refractivity contribution in [2.75, 3.05) is 0 Å². The third-order valence-electron chi connectivity index (χ3n) is 4.41. The Kier molecular flexibility index (Phi) is 4.61. The van der Waals surface area contributed by atoms with E-state index in [0.717, 1.165) is 22.9 Å². The number of benzene rings is 2. The number of fused-ring (bicyclic) bond motifs is 1. The van der Waals surface area contributed by atoms with Gasteiger partial charge in [0.2, 0.25) is 0 Å². The highest BCUT2D eigenvalue weighted by molar-refractivity contribution is 5.82. The van der Waals surface area contributed by atoms with Gasteiger partial charge in [0.1, 0.15) is 0 Å². The van der Waals surface area contributed by atoms with Crippen molar-refractivity contribution in [3.63, 3.8) is 0 Å². The Morgan fingerprint density at radius 3 is 2.39 bits per heavy atom. The Morgan fingerprint density at radius 2 is 1.65 bits per heavy atom. The van der Waals surface area contributed by atoms with Crippen LogP contribution in [0.5, 0.6) is 0 Å². The molecule has 0 atom stereocenters. The first kappa shape index (κ1) is 15.5. The number of aryl methyl sites for hydroxylation is 2. The monoisotopic (exact) mass is 305 g/mol. The lowest BCUT2D eigenvalue weighted by Crippen LogP contribution is -2.20. The van der Waals surface area contributed by atoms with Gasteiger partial charge in [-0.25, -0.2) is 0 Å². The van der Waals surface area contributed by atoms with Crippen LogP contribution >= 0.6 is 0 Å². The Balaban J connectivity index is 1.94. The second-order valence-electron chi connectivity index (χ2n) is 6.19. The van der Waals surface area contributed by atoms with E-state index >= 15 is 0 Å². The molecule has 0 saturated carbocycles. The summed E-state index contributed by atoms with van der Waals surface area (Å²) in [4.78, 5) is 12.4. The highest BCUT2D eigenvalue weighted by Gasteiger charge is 2.06. The van der Waals surface area contributed by atoms with Gasteiger partial charge in [0.25, 0.3) is 5.56 Å². The van der Waals surface area contributed by atoms with Crippen molar-refractivity contribution in [1.29, 1.82) is 0 Å². The first-order valence-electron chi connectivity index (χ1n) is 8.36. The summed E-state index contributed by atoms with van der Waals surface area (Å²) in [5.74, 6) is 0. The molecule has 23 heavy (non-hydrogen) atoms. The second-order valence-corrected chi connectivity index (χ2v) is 6.19. The molecule has 0 amide bonds. The maximum absolute atomic E-state index is 12.4. The highest BCUT2D eigenvalue weighted by Crippen LogP contribution is 2.17. The highest BCUT2D eigenvalue weighted by atomic mass is 16.1. The lowest BCUT2D eigenvalue weighted by molar-refractivity contribution is 0.783. The van der Waals surface area contributed by atoms with Gasteiger partial charge in [0, 0.05) is 11.5 Å². The number of rotatable bonds is 5. The minimum atomic E-state index is 0.0660. The van der Waals surface area contributed by atoms with Crippen LogP contribution in [-0.2, 0) is 13.0 Å². The van der Waals surface area contributed by atoms with Crippen LogP contribution in [0.4, 0.5) is 0 Å². The van der Waals surface area contributed by atoms with Crippen molar-refractivity contribution in [1.82, 2.24) is 4.57 Å². The van der Waals surface area contributed by atoms with Crippen molar-refractivity contribution < 1.29 is 0 Å². The van der Waals surface area contributed by atoms with E-state index in [4.69, 9.17) is 0 Å². The van der Waals surface area contributed by atoms with Crippen LogP contribution in [0.2, 0.25) is 0 Å². The van der Waals surface area contributed by atoms with Crippen LogP contribution in [-0.4, -0.2) is 4.57 Å². The average Bonchev–Trinajstić information content (AvgIpc) is 2.58. The molecule has 0 spiro atoms. The molecule has 0 saturated heterocycles. The quantitative estimate of drug-likeness (QED) is 0.669. The molecule has 0 fully saturated rings. The average molecular weight is 305 g/mol. The van der Waals surface area contributed by atoms with Crippen molar-refractivity contribution in [3.05, 3.63) is 81.6 Å². The van der Waals surface area contributed by atoms with Crippen LogP contribution in [0.3, 0.4) is 0 Å². The molecule has 3 aromatic rings. The molecule has 0 radical (unpaired) electrons. The summed E-state index contributed by atoms with van der Waals surface area (Å²) >= 11 is 0. The molecule has 0 bridgehead atoms. The van der Waals surface area contributed by atoms with E-state index in [1.54, 1.807) is 6.07 Å². The molecule has 1 heterocycles. The molecule has 0 aliphatic rings. The zero-order valence-corrected chi connectivity index (χ0v) is 13.9. The van der Waals surface area contributed by atoms with E-state index < -0.39 is 0 Å². The van der Waals surface area contributed by atoms with Crippen molar-refractivity contribution in [3.8, 4) is 0 Å². The molecule has 2 aromatic carbocycles. The lowest BCUT2D eigenvalue weighted by Gasteiger charge is -2.12. The number of unbranched alkanes of at least 4 members (excludes halogenated alkanes) is 1. The van der Waals surface area contributed by atoms with Gasteiger partial charge in [0.15, 0.2) is 0 Å². The Labute approximate surface area is 137 Å². The first-order valence-corrected chi connectivity index (χ1v) is 8.36. The summed E-state index contributed by atoms with van der Waals surface area (Å²) in [5, 5.41) is 1.15. The molecule has 0 aliphatic heterocycles. The molecule has 0 aliphatic carbocycles. The molecule has 0 N–H and O–H groups in total. The second kappa shape index (κ2) is 6.82. The van der Waals surface area contributed by atoms with Crippen LogP contribution in [0.1, 0.15) is 36.5 Å². The van der Waals surface area contributed by atoms with E-state index in [1.165, 1.54) is 24.0 Å². The number of para-hydroxylation sites is 1. The van der Waals surface area contributed by atoms with E-state index in [-0.39, 0.29) is 5.56 Å². The maximum Gasteiger partial charge on any atom is 0.251 e. The van der Waals surface area contributed by atoms with Crippen LogP contribution in [0, 0.1) is 6.92 Å². The SMILES string of the molecule is CCCCc1ccc(Cn2c(=O)cc(C)c3ccccc32)cc1. The summed E-state index contributed by atoms with van der Waals surface area (Å²) in [6.45, 7) is 4.83. The number of pyridine rings is 1. The van der Waals surface area contributed by atoms with Crippen molar-refractivity contribution >= 4 is 10.9 Å². The van der Waals surface area contributed by atoms with Crippen LogP contribution in [0.15, 0.2) is 59.4 Å². The van der Waals surface area contributed by atoms with Gasteiger partial charge in [-0.15, -0.1) is 0 Å². The Hall–Kier alpha value is -2.35. The van der Waals surface area contributed by atoms with Gasteiger partial charge >= 0.3 is 0 Å². The zero-order valence-electron chi connectivity index (χ0n) is 13.9. The number of aromatic nitrogens is 1. The lowest BCUT2D eigenvalue weighted by atomic mass is 10.1. The molecule has 0 unspecified atom stereocenters. The fraction of sp³-hybridized carbons (Fsp3) is 0.286. The smallest absolute Gasteiger partial charge is 0.251 e. The van der Waals surface area contributed by atoms with Crippen molar-refractivity contribution in [2.45, 2.75) is 39.7 Å². The zero-order chi connectivity index (χ0) is 16.2. The van der Waals surface area contributed by atoms with E-state index in [0.29, 0.717) is 6.54 Å². The van der Waals surface area contributed by atoms with Gasteiger partial charge < -0.3 is 4.57 Å². The molecular formula is C21H23NO. The molecule has 3 rings (SSSR count). The minimum absolute atomic E-state index is 0.0660. The Morgan fingerprint density at radius 1 is 0.957 bits per heavy atom. The number of nitrogens with zero attached hydrogens (tertiary/aromatic N) is 1. The molecule has 118 valence electrons. The summed E-state index contributed by atoms with van der Waals surface area (Å²) in [5.41, 5.74) is 4.65. The summed E-state index contributed by atoms with van der Waals surface area (Å²) in [6, 6.07) is 18.5. The van der Waals surface area contributed by atoms with Crippen molar-refractivity contribution in [2.24, 2.45) is 0 Å². The van der Waals surface area contributed by atoms with Crippen LogP contribution in [0.25, 0.3) is 10.9 Å².